The van der Waals surface area contributed by atoms with Crippen molar-refractivity contribution in [2.24, 2.45) is 0 Å². The van der Waals surface area contributed by atoms with Crippen LogP contribution in [0.2, 0.25) is 0 Å². The molecule has 4 heteroatoms. The normalized spacial score (nSPS) is 11.2. The first kappa shape index (κ1) is 11.7. The van der Waals surface area contributed by atoms with E-state index in [1.165, 1.54) is 6.20 Å². The van der Waals surface area contributed by atoms with Crippen LogP contribution >= 0.6 is 0 Å². The van der Waals surface area contributed by atoms with Crippen LogP contribution < -0.4 is 0 Å². The lowest BCUT2D eigenvalue weighted by Gasteiger charge is -2.16. The van der Waals surface area contributed by atoms with Gasteiger partial charge in [-0.25, -0.2) is 4.79 Å². The van der Waals surface area contributed by atoms with E-state index in [-0.39, 0.29) is 0 Å². The molecule has 0 unspecified atom stereocenters. The molecular weight excluding hydrogens is 194 g/mol. The predicted octanol–water partition coefficient (Wildman–Crippen LogP) is 1.49. The minimum absolute atomic E-state index is 0.339. The summed E-state index contributed by atoms with van der Waals surface area (Å²) in [5.74, 6) is -0.396. The van der Waals surface area contributed by atoms with E-state index in [2.05, 4.69) is 4.98 Å². The Morgan fingerprint density at radius 1 is 1.53 bits per heavy atom. The van der Waals surface area contributed by atoms with Gasteiger partial charge in [0.05, 0.1) is 17.9 Å². The summed E-state index contributed by atoms with van der Waals surface area (Å²) in [7, 11) is 0. The van der Waals surface area contributed by atoms with Crippen LogP contribution in [0.1, 0.15) is 36.8 Å². The first-order valence-corrected chi connectivity index (χ1v) is 4.81. The molecule has 0 fully saturated rings. The third-order valence-corrected chi connectivity index (χ3v) is 1.90. The van der Waals surface area contributed by atoms with Gasteiger partial charge in [-0.05, 0) is 32.9 Å². The SMILES string of the molecule is CCOC(=O)c1ccc(C(C)(C)O)nc1. The maximum atomic E-state index is 11.3. The largest absolute Gasteiger partial charge is 0.462 e. The molecule has 0 saturated carbocycles. The van der Waals surface area contributed by atoms with Gasteiger partial charge in [0.15, 0.2) is 0 Å². The minimum atomic E-state index is -0.993. The lowest BCUT2D eigenvalue weighted by molar-refractivity contribution is 0.0523. The fourth-order valence-electron chi connectivity index (χ4n) is 1.09. The van der Waals surface area contributed by atoms with Gasteiger partial charge in [0.25, 0.3) is 0 Å². The van der Waals surface area contributed by atoms with Crippen molar-refractivity contribution < 1.29 is 14.6 Å². The summed E-state index contributed by atoms with van der Waals surface area (Å²) in [6, 6.07) is 3.21. The molecular formula is C11H15NO3. The van der Waals surface area contributed by atoms with Crippen LogP contribution in [0.15, 0.2) is 18.3 Å². The molecule has 0 radical (unpaired) electrons. The molecule has 0 amide bonds. The molecule has 0 saturated heterocycles. The molecule has 0 atom stereocenters. The second-order valence-electron chi connectivity index (χ2n) is 3.71. The van der Waals surface area contributed by atoms with Gasteiger partial charge in [0, 0.05) is 6.20 Å². The summed E-state index contributed by atoms with van der Waals surface area (Å²) < 4.78 is 4.81. The molecule has 4 nitrogen and oxygen atoms in total. The van der Waals surface area contributed by atoms with Crippen LogP contribution in [0.25, 0.3) is 0 Å². The number of rotatable bonds is 3. The quantitative estimate of drug-likeness (QED) is 0.766. The highest BCUT2D eigenvalue weighted by atomic mass is 16.5. The third-order valence-electron chi connectivity index (χ3n) is 1.90. The van der Waals surface area contributed by atoms with E-state index in [4.69, 9.17) is 4.74 Å². The Labute approximate surface area is 88.9 Å². The number of aromatic nitrogens is 1. The summed E-state index contributed by atoms with van der Waals surface area (Å²) in [6.07, 6.45) is 1.41. The van der Waals surface area contributed by atoms with Crippen molar-refractivity contribution in [2.75, 3.05) is 6.61 Å². The molecule has 0 aliphatic rings. The molecule has 1 aromatic rings. The maximum absolute atomic E-state index is 11.3. The van der Waals surface area contributed by atoms with Crippen molar-refractivity contribution in [1.29, 1.82) is 0 Å². The highest BCUT2D eigenvalue weighted by molar-refractivity contribution is 5.88. The van der Waals surface area contributed by atoms with Crippen molar-refractivity contribution >= 4 is 5.97 Å². The number of aliphatic hydroxyl groups is 1. The van der Waals surface area contributed by atoms with Crippen molar-refractivity contribution in [2.45, 2.75) is 26.4 Å². The van der Waals surface area contributed by atoms with Crippen LogP contribution in [0, 0.1) is 0 Å². The van der Waals surface area contributed by atoms with Crippen LogP contribution in [-0.4, -0.2) is 22.7 Å². The smallest absolute Gasteiger partial charge is 0.339 e. The van der Waals surface area contributed by atoms with E-state index in [1.54, 1.807) is 32.9 Å². The number of carbonyl (C=O) groups excluding carboxylic acids is 1. The summed E-state index contributed by atoms with van der Waals surface area (Å²) in [4.78, 5) is 15.3. The Balaban J connectivity index is 2.86. The van der Waals surface area contributed by atoms with Crippen LogP contribution in [-0.2, 0) is 10.3 Å². The summed E-state index contributed by atoms with van der Waals surface area (Å²) in [5, 5.41) is 9.64. The summed E-state index contributed by atoms with van der Waals surface area (Å²) in [5.41, 5.74) is -0.0758. The van der Waals surface area contributed by atoms with Crippen LogP contribution in [0.4, 0.5) is 0 Å². The van der Waals surface area contributed by atoms with E-state index in [0.717, 1.165) is 0 Å². The first-order chi connectivity index (χ1) is 6.95. The average molecular weight is 209 g/mol. The number of pyridine rings is 1. The van der Waals surface area contributed by atoms with E-state index in [9.17, 15) is 9.90 Å². The standard InChI is InChI=1S/C11H15NO3/c1-4-15-10(13)8-5-6-9(12-7-8)11(2,3)14/h5-7,14H,4H2,1-3H3. The molecule has 15 heavy (non-hydrogen) atoms. The van der Waals surface area contributed by atoms with E-state index >= 15 is 0 Å². The predicted molar refractivity (Wildman–Crippen MR) is 55.4 cm³/mol. The van der Waals surface area contributed by atoms with Gasteiger partial charge in [-0.3, -0.25) is 4.98 Å². The lowest BCUT2D eigenvalue weighted by Crippen LogP contribution is -2.17. The summed E-state index contributed by atoms with van der Waals surface area (Å²) in [6.45, 7) is 5.36. The Morgan fingerprint density at radius 3 is 2.60 bits per heavy atom. The fraction of sp³-hybridized carbons (Fsp3) is 0.455. The van der Waals surface area contributed by atoms with Gasteiger partial charge < -0.3 is 9.84 Å². The Kier molecular flexibility index (Phi) is 3.42. The molecule has 1 aromatic heterocycles. The molecule has 82 valence electrons. The number of nitrogens with zero attached hydrogens (tertiary/aromatic N) is 1. The molecule has 1 heterocycles. The molecule has 0 bridgehead atoms. The zero-order chi connectivity index (χ0) is 11.5. The van der Waals surface area contributed by atoms with Crippen molar-refractivity contribution in [1.82, 2.24) is 4.98 Å². The third kappa shape index (κ3) is 3.02. The van der Waals surface area contributed by atoms with Gasteiger partial charge in [-0.1, -0.05) is 0 Å². The van der Waals surface area contributed by atoms with Gasteiger partial charge in [-0.2, -0.15) is 0 Å². The number of esters is 1. The number of hydrogen-bond donors (Lipinski definition) is 1. The average Bonchev–Trinajstić information content (AvgIpc) is 2.17. The van der Waals surface area contributed by atoms with Gasteiger partial charge in [-0.15, -0.1) is 0 Å². The number of ether oxygens (including phenoxy) is 1. The van der Waals surface area contributed by atoms with Crippen LogP contribution in [0.3, 0.4) is 0 Å². The lowest BCUT2D eigenvalue weighted by atomic mass is 10.0. The van der Waals surface area contributed by atoms with E-state index < -0.39 is 11.6 Å². The molecule has 1 rings (SSSR count). The van der Waals surface area contributed by atoms with Crippen molar-refractivity contribution in [3.63, 3.8) is 0 Å². The topological polar surface area (TPSA) is 59.4 Å². The fourth-order valence-corrected chi connectivity index (χ4v) is 1.09. The molecule has 0 aromatic carbocycles. The van der Waals surface area contributed by atoms with Gasteiger partial charge >= 0.3 is 5.97 Å². The first-order valence-electron chi connectivity index (χ1n) is 4.81. The maximum Gasteiger partial charge on any atom is 0.339 e. The molecule has 0 spiro atoms. The zero-order valence-corrected chi connectivity index (χ0v) is 9.15. The number of hydrogen-bond acceptors (Lipinski definition) is 4. The summed E-state index contributed by atoms with van der Waals surface area (Å²) >= 11 is 0. The van der Waals surface area contributed by atoms with E-state index in [0.29, 0.717) is 17.9 Å². The Bertz CT molecular complexity index is 338. The molecule has 0 aliphatic carbocycles. The van der Waals surface area contributed by atoms with Gasteiger partial charge in [0.2, 0.25) is 0 Å². The van der Waals surface area contributed by atoms with Gasteiger partial charge in [0.1, 0.15) is 5.60 Å². The highest BCUT2D eigenvalue weighted by Gasteiger charge is 2.18. The zero-order valence-electron chi connectivity index (χ0n) is 9.15. The molecule has 0 aliphatic heterocycles. The second-order valence-corrected chi connectivity index (χ2v) is 3.71. The second kappa shape index (κ2) is 4.40. The molecule has 1 N–H and O–H groups in total. The Morgan fingerprint density at radius 2 is 2.20 bits per heavy atom. The monoisotopic (exact) mass is 209 g/mol. The number of carbonyl (C=O) groups is 1. The Hall–Kier alpha value is -1.42. The minimum Gasteiger partial charge on any atom is -0.462 e. The van der Waals surface area contributed by atoms with Crippen LogP contribution in [0.5, 0.6) is 0 Å². The van der Waals surface area contributed by atoms with Crippen molar-refractivity contribution in [3.05, 3.63) is 29.6 Å². The van der Waals surface area contributed by atoms with Crippen molar-refractivity contribution in [3.8, 4) is 0 Å². The highest BCUT2D eigenvalue weighted by Crippen LogP contribution is 2.16. The van der Waals surface area contributed by atoms with E-state index in [1.807, 2.05) is 0 Å².